The minimum absolute atomic E-state index is 0.383. The molecule has 20 heavy (non-hydrogen) atoms. The third kappa shape index (κ3) is 3.96. The number of hydrogen-bond donors (Lipinski definition) is 1. The standard InChI is InChI=1S/C9H7F3N2O6/c1-19-8-4(2-7(15)16)5(20-9(10,11)12)3-6(13-8)14(17)18/h3H,2H2,1H3,(H,15,16). The Labute approximate surface area is 108 Å². The summed E-state index contributed by atoms with van der Waals surface area (Å²) < 4.78 is 44.8. The van der Waals surface area contributed by atoms with E-state index >= 15 is 0 Å². The van der Waals surface area contributed by atoms with Gasteiger partial charge in [-0.1, -0.05) is 0 Å². The predicted molar refractivity (Wildman–Crippen MR) is 55.5 cm³/mol. The van der Waals surface area contributed by atoms with Crippen molar-refractivity contribution in [3.63, 3.8) is 0 Å². The number of rotatable bonds is 5. The number of alkyl halides is 3. The zero-order valence-electron chi connectivity index (χ0n) is 9.80. The average molecular weight is 296 g/mol. The summed E-state index contributed by atoms with van der Waals surface area (Å²) in [7, 11) is 0.981. The summed E-state index contributed by atoms with van der Waals surface area (Å²) in [5.41, 5.74) is -0.553. The lowest BCUT2D eigenvalue weighted by atomic mass is 10.1. The predicted octanol–water partition coefficient (Wildman–Crippen LogP) is 1.52. The fraction of sp³-hybridized carbons (Fsp3) is 0.333. The molecule has 1 heterocycles. The van der Waals surface area contributed by atoms with E-state index in [9.17, 15) is 28.1 Å². The molecule has 0 aliphatic rings. The second kappa shape index (κ2) is 5.59. The van der Waals surface area contributed by atoms with E-state index in [0.29, 0.717) is 6.07 Å². The summed E-state index contributed by atoms with van der Waals surface area (Å²) in [5, 5.41) is 19.2. The molecule has 1 aromatic rings. The van der Waals surface area contributed by atoms with Gasteiger partial charge in [0.1, 0.15) is 5.75 Å². The van der Waals surface area contributed by atoms with Gasteiger partial charge in [-0.05, 0) is 4.92 Å². The van der Waals surface area contributed by atoms with Gasteiger partial charge in [-0.25, -0.2) is 0 Å². The number of pyridine rings is 1. The Bertz CT molecular complexity index is 545. The molecule has 1 rings (SSSR count). The van der Waals surface area contributed by atoms with Gasteiger partial charge >= 0.3 is 24.0 Å². The number of carboxylic acid groups (broad SMARTS) is 1. The van der Waals surface area contributed by atoms with Gasteiger partial charge in [-0.15, -0.1) is 13.2 Å². The SMILES string of the molecule is COc1nc([N+](=O)[O-])cc(OC(F)(F)F)c1CC(=O)O. The highest BCUT2D eigenvalue weighted by Gasteiger charge is 2.35. The van der Waals surface area contributed by atoms with Gasteiger partial charge < -0.3 is 24.7 Å². The van der Waals surface area contributed by atoms with Gasteiger partial charge in [-0.2, -0.15) is 0 Å². The Morgan fingerprint density at radius 2 is 2.15 bits per heavy atom. The average Bonchev–Trinajstić information content (AvgIpc) is 2.28. The number of hydrogen-bond acceptors (Lipinski definition) is 6. The molecule has 0 fully saturated rings. The molecule has 8 nitrogen and oxygen atoms in total. The van der Waals surface area contributed by atoms with Gasteiger partial charge in [-0.3, -0.25) is 4.79 Å². The number of nitro groups is 1. The van der Waals surface area contributed by atoms with Crippen LogP contribution in [0, 0.1) is 10.1 Å². The summed E-state index contributed by atoms with van der Waals surface area (Å²) in [6.45, 7) is 0. The molecule has 0 atom stereocenters. The van der Waals surface area contributed by atoms with Crippen LogP contribution in [0.3, 0.4) is 0 Å². The summed E-state index contributed by atoms with van der Waals surface area (Å²) in [5.74, 6) is -4.11. The van der Waals surface area contributed by atoms with Gasteiger partial charge in [0, 0.05) is 4.98 Å². The van der Waals surface area contributed by atoms with E-state index in [1.54, 1.807) is 0 Å². The van der Waals surface area contributed by atoms with E-state index in [0.717, 1.165) is 7.11 Å². The van der Waals surface area contributed by atoms with Crippen LogP contribution < -0.4 is 9.47 Å². The van der Waals surface area contributed by atoms with E-state index in [4.69, 9.17) is 5.11 Å². The van der Waals surface area contributed by atoms with Crippen molar-refractivity contribution in [1.82, 2.24) is 4.98 Å². The number of methoxy groups -OCH3 is 1. The molecule has 0 unspecified atom stereocenters. The first-order valence-corrected chi connectivity index (χ1v) is 4.84. The fourth-order valence-electron chi connectivity index (χ4n) is 1.31. The van der Waals surface area contributed by atoms with Crippen LogP contribution in [-0.4, -0.2) is 34.5 Å². The zero-order chi connectivity index (χ0) is 15.5. The molecule has 11 heteroatoms. The monoisotopic (exact) mass is 296 g/mol. The van der Waals surface area contributed by atoms with Crippen molar-refractivity contribution >= 4 is 11.8 Å². The summed E-state index contributed by atoms with van der Waals surface area (Å²) in [6.07, 6.45) is -6.05. The number of halogens is 3. The molecule has 0 radical (unpaired) electrons. The maximum absolute atomic E-state index is 12.2. The molecule has 0 aliphatic heterocycles. The first kappa shape index (κ1) is 15.5. The topological polar surface area (TPSA) is 112 Å². The van der Waals surface area contributed by atoms with E-state index in [-0.39, 0.29) is 0 Å². The number of aromatic nitrogens is 1. The largest absolute Gasteiger partial charge is 0.573 e. The second-order valence-corrected chi connectivity index (χ2v) is 3.34. The lowest BCUT2D eigenvalue weighted by molar-refractivity contribution is -0.389. The van der Waals surface area contributed by atoms with Crippen LogP contribution in [-0.2, 0) is 11.2 Å². The molecule has 0 aliphatic carbocycles. The van der Waals surface area contributed by atoms with Crippen molar-refractivity contribution in [3.8, 4) is 11.6 Å². The molecular weight excluding hydrogens is 289 g/mol. The Balaban J connectivity index is 3.43. The maximum Gasteiger partial charge on any atom is 0.573 e. The van der Waals surface area contributed by atoms with E-state index in [1.807, 2.05) is 0 Å². The van der Waals surface area contributed by atoms with Crippen LogP contribution >= 0.6 is 0 Å². The minimum Gasteiger partial charge on any atom is -0.481 e. The van der Waals surface area contributed by atoms with Crippen LogP contribution in [0.15, 0.2) is 6.07 Å². The van der Waals surface area contributed by atoms with Crippen LogP contribution in [0.4, 0.5) is 19.0 Å². The second-order valence-electron chi connectivity index (χ2n) is 3.34. The highest BCUT2D eigenvalue weighted by atomic mass is 19.4. The third-order valence-corrected chi connectivity index (χ3v) is 1.97. The normalized spacial score (nSPS) is 11.0. The van der Waals surface area contributed by atoms with E-state index in [1.165, 1.54) is 0 Å². The van der Waals surface area contributed by atoms with Crippen molar-refractivity contribution < 1.29 is 37.5 Å². The molecule has 1 aromatic heterocycles. The molecule has 1 N–H and O–H groups in total. The zero-order valence-corrected chi connectivity index (χ0v) is 9.80. The summed E-state index contributed by atoms with van der Waals surface area (Å²) in [4.78, 5) is 23.4. The van der Waals surface area contributed by atoms with Crippen LogP contribution in [0.25, 0.3) is 0 Å². The molecule has 0 saturated carbocycles. The highest BCUT2D eigenvalue weighted by Crippen LogP contribution is 2.34. The summed E-state index contributed by atoms with van der Waals surface area (Å²) in [6, 6.07) is 0.383. The van der Waals surface area contributed by atoms with Gasteiger partial charge in [0.05, 0.1) is 25.2 Å². The number of carbonyl (C=O) groups is 1. The lowest BCUT2D eigenvalue weighted by Crippen LogP contribution is -2.19. The molecule has 0 amide bonds. The number of aliphatic carboxylic acids is 1. The van der Waals surface area contributed by atoms with Gasteiger partial charge in [0.25, 0.3) is 0 Å². The van der Waals surface area contributed by atoms with Crippen LogP contribution in [0.1, 0.15) is 5.56 Å². The van der Waals surface area contributed by atoms with Gasteiger partial charge in [0.2, 0.25) is 0 Å². The van der Waals surface area contributed by atoms with Crippen LogP contribution in [0.5, 0.6) is 11.6 Å². The first-order valence-electron chi connectivity index (χ1n) is 4.84. The number of ether oxygens (including phenoxy) is 2. The van der Waals surface area contributed by atoms with E-state index < -0.39 is 46.7 Å². The lowest BCUT2D eigenvalue weighted by Gasteiger charge is -2.12. The van der Waals surface area contributed by atoms with Crippen molar-refractivity contribution in [2.45, 2.75) is 12.8 Å². The van der Waals surface area contributed by atoms with Crippen molar-refractivity contribution in [2.24, 2.45) is 0 Å². The number of nitrogens with zero attached hydrogens (tertiary/aromatic N) is 2. The summed E-state index contributed by atoms with van der Waals surface area (Å²) >= 11 is 0. The van der Waals surface area contributed by atoms with Crippen molar-refractivity contribution in [2.75, 3.05) is 7.11 Å². The number of carboxylic acids is 1. The van der Waals surface area contributed by atoms with Crippen molar-refractivity contribution in [1.29, 1.82) is 0 Å². The quantitative estimate of drug-likeness (QED) is 0.647. The van der Waals surface area contributed by atoms with Gasteiger partial charge in [0.15, 0.2) is 0 Å². The molecule has 0 aromatic carbocycles. The Morgan fingerprint density at radius 1 is 1.55 bits per heavy atom. The smallest absolute Gasteiger partial charge is 0.481 e. The minimum atomic E-state index is -5.15. The molecule has 0 saturated heterocycles. The molecule has 0 spiro atoms. The van der Waals surface area contributed by atoms with E-state index in [2.05, 4.69) is 14.5 Å². The maximum atomic E-state index is 12.2. The molecule has 0 bridgehead atoms. The first-order chi connectivity index (χ1) is 9.14. The Morgan fingerprint density at radius 3 is 2.55 bits per heavy atom. The third-order valence-electron chi connectivity index (χ3n) is 1.97. The molecular formula is C9H7F3N2O6. The fourth-order valence-corrected chi connectivity index (χ4v) is 1.31. The van der Waals surface area contributed by atoms with Crippen LogP contribution in [0.2, 0.25) is 0 Å². The molecule has 110 valence electrons. The Hall–Kier alpha value is -2.59. The highest BCUT2D eigenvalue weighted by molar-refractivity contribution is 5.72. The van der Waals surface area contributed by atoms with Crippen molar-refractivity contribution in [3.05, 3.63) is 21.7 Å². The Kier molecular flexibility index (Phi) is 4.32.